The average molecular weight is 148 g/mol. The minimum absolute atomic E-state index is 0.834. The van der Waals surface area contributed by atoms with Crippen LogP contribution in [0.15, 0.2) is 30.3 Å². The maximum absolute atomic E-state index is 3.86. The van der Waals surface area contributed by atoms with Gasteiger partial charge >= 0.3 is 0 Å². The van der Waals surface area contributed by atoms with E-state index < -0.39 is 0 Å². The largest absolute Gasteiger partial charge is 0.372 e. The Balaban J connectivity index is 2.74. The molecule has 11 heavy (non-hydrogen) atoms. The van der Waals surface area contributed by atoms with E-state index in [1.807, 2.05) is 18.2 Å². The van der Waals surface area contributed by atoms with Crippen molar-refractivity contribution in [1.29, 1.82) is 0 Å². The minimum Gasteiger partial charge on any atom is -0.372 e. The standard InChI is InChI=1S/C10H14N/c1-3-11(4-2)10-8-6-5-7-9-10/h5-9H,1,3-4H2,2H3. The van der Waals surface area contributed by atoms with Gasteiger partial charge in [-0.25, -0.2) is 0 Å². The molecule has 1 heteroatoms. The van der Waals surface area contributed by atoms with Gasteiger partial charge in [0.15, 0.2) is 0 Å². The molecule has 0 aliphatic heterocycles. The molecule has 1 nitrogen and oxygen atoms in total. The molecule has 0 saturated carbocycles. The third-order valence-electron chi connectivity index (χ3n) is 1.77. The average Bonchev–Trinajstić information content (AvgIpc) is 2.09. The molecule has 0 fully saturated rings. The molecule has 0 amide bonds. The third kappa shape index (κ3) is 1.97. The highest BCUT2D eigenvalue weighted by Crippen LogP contribution is 2.11. The zero-order valence-corrected chi connectivity index (χ0v) is 6.96. The van der Waals surface area contributed by atoms with Gasteiger partial charge < -0.3 is 4.90 Å². The monoisotopic (exact) mass is 148 g/mol. The van der Waals surface area contributed by atoms with Crippen molar-refractivity contribution in [3.63, 3.8) is 0 Å². The second kappa shape index (κ2) is 4.02. The highest BCUT2D eigenvalue weighted by atomic mass is 15.1. The Morgan fingerprint density at radius 2 is 1.91 bits per heavy atom. The van der Waals surface area contributed by atoms with Crippen molar-refractivity contribution in [1.82, 2.24) is 0 Å². The Bertz CT molecular complexity index is 189. The van der Waals surface area contributed by atoms with Crippen LogP contribution in [-0.2, 0) is 0 Å². The molecule has 1 radical (unpaired) electrons. The number of anilines is 1. The first-order valence-electron chi connectivity index (χ1n) is 3.97. The Morgan fingerprint density at radius 1 is 1.27 bits per heavy atom. The molecule has 0 aliphatic rings. The fourth-order valence-electron chi connectivity index (χ4n) is 1.11. The molecule has 0 aromatic heterocycles. The van der Waals surface area contributed by atoms with Gasteiger partial charge in [0.2, 0.25) is 0 Å². The number of benzene rings is 1. The van der Waals surface area contributed by atoms with Crippen LogP contribution in [0.1, 0.15) is 6.92 Å². The molecule has 1 aromatic carbocycles. The number of hydrogen-bond acceptors (Lipinski definition) is 1. The fourth-order valence-corrected chi connectivity index (χ4v) is 1.11. The second-order valence-electron chi connectivity index (χ2n) is 2.42. The number of nitrogens with zero attached hydrogens (tertiary/aromatic N) is 1. The molecule has 0 spiro atoms. The minimum atomic E-state index is 0.834. The van der Waals surface area contributed by atoms with E-state index >= 15 is 0 Å². The maximum Gasteiger partial charge on any atom is 0.0366 e. The van der Waals surface area contributed by atoms with Gasteiger partial charge in [0.25, 0.3) is 0 Å². The van der Waals surface area contributed by atoms with E-state index in [0.29, 0.717) is 0 Å². The van der Waals surface area contributed by atoms with Gasteiger partial charge in [-0.15, -0.1) is 0 Å². The lowest BCUT2D eigenvalue weighted by Crippen LogP contribution is -2.21. The third-order valence-corrected chi connectivity index (χ3v) is 1.77. The van der Waals surface area contributed by atoms with Crippen LogP contribution in [0.2, 0.25) is 0 Å². The summed E-state index contributed by atoms with van der Waals surface area (Å²) in [5.74, 6) is 0. The van der Waals surface area contributed by atoms with E-state index in [-0.39, 0.29) is 0 Å². The highest BCUT2D eigenvalue weighted by Gasteiger charge is 1.97. The van der Waals surface area contributed by atoms with Gasteiger partial charge in [-0.3, -0.25) is 0 Å². The molecular weight excluding hydrogens is 134 g/mol. The van der Waals surface area contributed by atoms with Crippen molar-refractivity contribution >= 4 is 5.69 Å². The zero-order valence-electron chi connectivity index (χ0n) is 6.96. The van der Waals surface area contributed by atoms with Crippen molar-refractivity contribution in [2.24, 2.45) is 0 Å². The summed E-state index contributed by atoms with van der Waals surface area (Å²) >= 11 is 0. The quantitative estimate of drug-likeness (QED) is 0.636. The highest BCUT2D eigenvalue weighted by molar-refractivity contribution is 5.45. The van der Waals surface area contributed by atoms with E-state index in [1.54, 1.807) is 0 Å². The molecule has 1 rings (SSSR count). The van der Waals surface area contributed by atoms with Crippen molar-refractivity contribution in [3.05, 3.63) is 37.3 Å². The van der Waals surface area contributed by atoms with Crippen molar-refractivity contribution in [3.8, 4) is 0 Å². The Morgan fingerprint density at radius 3 is 2.36 bits per heavy atom. The summed E-state index contributed by atoms with van der Waals surface area (Å²) < 4.78 is 0. The van der Waals surface area contributed by atoms with Crippen LogP contribution in [0.3, 0.4) is 0 Å². The first kappa shape index (κ1) is 8.12. The van der Waals surface area contributed by atoms with E-state index in [4.69, 9.17) is 0 Å². The van der Waals surface area contributed by atoms with E-state index in [0.717, 1.165) is 13.1 Å². The van der Waals surface area contributed by atoms with E-state index in [9.17, 15) is 0 Å². The Labute approximate surface area is 68.7 Å². The van der Waals surface area contributed by atoms with Gasteiger partial charge in [-0.1, -0.05) is 18.2 Å². The smallest absolute Gasteiger partial charge is 0.0366 e. The summed E-state index contributed by atoms with van der Waals surface area (Å²) in [4.78, 5) is 2.22. The van der Waals surface area contributed by atoms with Crippen LogP contribution < -0.4 is 4.90 Å². The summed E-state index contributed by atoms with van der Waals surface area (Å²) in [7, 11) is 0. The first-order chi connectivity index (χ1) is 5.38. The van der Waals surface area contributed by atoms with Gasteiger partial charge in [0.1, 0.15) is 0 Å². The molecule has 0 heterocycles. The maximum atomic E-state index is 3.86. The van der Waals surface area contributed by atoms with Gasteiger partial charge in [0.05, 0.1) is 0 Å². The molecule has 1 aromatic rings. The molecule has 0 bridgehead atoms. The summed E-state index contributed by atoms with van der Waals surface area (Å²) in [6.07, 6.45) is 0. The fraction of sp³-hybridized carbons (Fsp3) is 0.300. The first-order valence-corrected chi connectivity index (χ1v) is 3.97. The van der Waals surface area contributed by atoms with Crippen LogP contribution in [0, 0.1) is 6.92 Å². The summed E-state index contributed by atoms with van der Waals surface area (Å²) in [6.45, 7) is 7.85. The molecule has 0 saturated heterocycles. The van der Waals surface area contributed by atoms with E-state index in [1.165, 1.54) is 5.69 Å². The number of rotatable bonds is 3. The normalized spacial score (nSPS) is 9.64. The topological polar surface area (TPSA) is 3.24 Å². The molecule has 0 unspecified atom stereocenters. The summed E-state index contributed by atoms with van der Waals surface area (Å²) in [5, 5.41) is 0. The van der Waals surface area contributed by atoms with Crippen molar-refractivity contribution < 1.29 is 0 Å². The van der Waals surface area contributed by atoms with Crippen LogP contribution in [0.5, 0.6) is 0 Å². The summed E-state index contributed by atoms with van der Waals surface area (Å²) in [5.41, 5.74) is 1.25. The lowest BCUT2D eigenvalue weighted by Gasteiger charge is -2.20. The van der Waals surface area contributed by atoms with Crippen LogP contribution in [0.25, 0.3) is 0 Å². The molecular formula is C10H14N. The second-order valence-corrected chi connectivity index (χ2v) is 2.42. The Kier molecular flexibility index (Phi) is 2.96. The predicted molar refractivity (Wildman–Crippen MR) is 49.7 cm³/mol. The molecule has 0 atom stereocenters. The Hall–Kier alpha value is -0.980. The lowest BCUT2D eigenvalue weighted by molar-refractivity contribution is 0.904. The van der Waals surface area contributed by atoms with Crippen LogP contribution in [-0.4, -0.2) is 13.1 Å². The molecule has 0 aliphatic carbocycles. The molecule has 59 valence electrons. The predicted octanol–water partition coefficient (Wildman–Crippen LogP) is 2.35. The molecule has 0 N–H and O–H groups in total. The SMILES string of the molecule is [CH2]CN(CC)c1ccccc1. The van der Waals surface area contributed by atoms with Crippen molar-refractivity contribution in [2.75, 3.05) is 18.0 Å². The van der Waals surface area contributed by atoms with Gasteiger partial charge in [-0.2, -0.15) is 0 Å². The number of hydrogen-bond donors (Lipinski definition) is 0. The lowest BCUT2D eigenvalue weighted by atomic mass is 10.3. The van der Waals surface area contributed by atoms with Gasteiger partial charge in [0, 0.05) is 18.8 Å². The van der Waals surface area contributed by atoms with Crippen LogP contribution in [0.4, 0.5) is 5.69 Å². The van der Waals surface area contributed by atoms with Crippen LogP contribution >= 0.6 is 0 Å². The van der Waals surface area contributed by atoms with Gasteiger partial charge in [-0.05, 0) is 26.0 Å². The van der Waals surface area contributed by atoms with E-state index in [2.05, 4.69) is 30.9 Å². The number of para-hydroxylation sites is 1. The van der Waals surface area contributed by atoms with Crippen molar-refractivity contribution in [2.45, 2.75) is 6.92 Å². The summed E-state index contributed by atoms with van der Waals surface area (Å²) in [6, 6.07) is 10.3. The zero-order chi connectivity index (χ0) is 8.10.